The summed E-state index contributed by atoms with van der Waals surface area (Å²) in [4.78, 5) is 21.8. The number of carboxylic acid groups (broad SMARTS) is 2. The molecule has 0 unspecified atom stereocenters. The van der Waals surface area contributed by atoms with Crippen molar-refractivity contribution in [1.29, 1.82) is 0 Å². The van der Waals surface area contributed by atoms with Gasteiger partial charge in [-0.2, -0.15) is 0 Å². The molecule has 0 aliphatic rings. The molecule has 8 heteroatoms. The summed E-state index contributed by atoms with van der Waals surface area (Å²) in [5, 5.41) is 21.8. The number of aryl methyl sites for hydroxylation is 4. The van der Waals surface area contributed by atoms with E-state index in [1.807, 2.05) is 45.9 Å². The Balaban J connectivity index is 0.000000208. The number of methoxy groups -OCH3 is 2. The number of benzene rings is 3. The Morgan fingerprint density at radius 2 is 1.30 bits per heavy atom. The number of aromatic carboxylic acids is 2. The van der Waals surface area contributed by atoms with Gasteiger partial charge in [-0.25, -0.2) is 9.59 Å². The van der Waals surface area contributed by atoms with Crippen LogP contribution in [0.4, 0.5) is 0 Å². The number of aromatic nitrogens is 1. The van der Waals surface area contributed by atoms with Crippen molar-refractivity contribution >= 4 is 11.9 Å². The number of carboxylic acids is 2. The van der Waals surface area contributed by atoms with E-state index in [9.17, 15) is 9.59 Å². The quantitative estimate of drug-likeness (QED) is 0.313. The average molecular weight is 504 g/mol. The van der Waals surface area contributed by atoms with Gasteiger partial charge in [0.2, 0.25) is 0 Å². The summed E-state index contributed by atoms with van der Waals surface area (Å²) >= 11 is 0. The fourth-order valence-corrected chi connectivity index (χ4v) is 4.07. The maximum atomic E-state index is 11.0. The number of nitrogens with zero attached hydrogens (tertiary/aromatic N) is 1. The molecule has 0 saturated carbocycles. The molecule has 0 amide bonds. The van der Waals surface area contributed by atoms with Crippen molar-refractivity contribution in [3.63, 3.8) is 0 Å². The number of carbonyl (C=O) groups is 2. The molecule has 4 rings (SSSR count). The van der Waals surface area contributed by atoms with Crippen LogP contribution < -0.4 is 9.47 Å². The smallest absolute Gasteiger partial charge is 0.335 e. The van der Waals surface area contributed by atoms with E-state index in [-0.39, 0.29) is 11.1 Å². The molecule has 3 aromatic carbocycles. The Labute approximate surface area is 215 Å². The minimum absolute atomic E-state index is 0.271. The molecule has 0 radical (unpaired) electrons. The summed E-state index contributed by atoms with van der Waals surface area (Å²) in [6.45, 7) is 7.48. The van der Waals surface area contributed by atoms with E-state index in [2.05, 4.69) is 5.16 Å². The molecular formula is C29H29NO7. The summed E-state index contributed by atoms with van der Waals surface area (Å²) < 4.78 is 15.7. The van der Waals surface area contributed by atoms with Crippen molar-refractivity contribution in [3.05, 3.63) is 88.3 Å². The average Bonchev–Trinajstić information content (AvgIpc) is 3.21. The zero-order valence-electron chi connectivity index (χ0n) is 21.6. The zero-order chi connectivity index (χ0) is 27.3. The van der Waals surface area contributed by atoms with Crippen LogP contribution in [0.2, 0.25) is 0 Å². The van der Waals surface area contributed by atoms with E-state index in [0.717, 1.165) is 56.3 Å². The van der Waals surface area contributed by atoms with Crippen LogP contribution in [-0.2, 0) is 0 Å². The molecule has 1 aromatic heterocycles. The standard InChI is InChI=1S/C16H16O4.C13H13NO3/c1-10-8-11(16(17)18)4-6-13(10)14-9-12(19-2)5-7-15(14)20-3;1-7-6-10(13(15)16)4-5-11(7)12-8(2)14-17-9(12)3/h4-9H,1-3H3,(H,17,18);4-6H,1-3H3,(H,15,16). The van der Waals surface area contributed by atoms with Crippen LogP contribution in [0.5, 0.6) is 11.5 Å². The van der Waals surface area contributed by atoms with Crippen LogP contribution in [0.1, 0.15) is 43.3 Å². The predicted octanol–water partition coefficient (Wildman–Crippen LogP) is 6.34. The van der Waals surface area contributed by atoms with Gasteiger partial charge in [-0.05, 0) is 92.4 Å². The number of hydrogen-bond donors (Lipinski definition) is 2. The molecule has 192 valence electrons. The second-order valence-electron chi connectivity index (χ2n) is 8.44. The van der Waals surface area contributed by atoms with E-state index in [0.29, 0.717) is 0 Å². The fraction of sp³-hybridized carbons (Fsp3) is 0.207. The number of rotatable bonds is 6. The van der Waals surface area contributed by atoms with E-state index in [4.69, 9.17) is 24.2 Å². The molecule has 0 spiro atoms. The van der Waals surface area contributed by atoms with Crippen molar-refractivity contribution in [2.45, 2.75) is 27.7 Å². The highest BCUT2D eigenvalue weighted by Crippen LogP contribution is 2.35. The SMILES string of the molecule is COc1ccc(OC)c(-c2ccc(C(=O)O)cc2C)c1.Cc1cc(C(=O)O)ccc1-c1c(C)noc1C. The third-order valence-corrected chi connectivity index (χ3v) is 5.95. The number of hydrogen-bond acceptors (Lipinski definition) is 6. The van der Waals surface area contributed by atoms with Gasteiger partial charge in [0.25, 0.3) is 0 Å². The molecule has 0 aliphatic carbocycles. The zero-order valence-corrected chi connectivity index (χ0v) is 21.6. The molecule has 8 nitrogen and oxygen atoms in total. The monoisotopic (exact) mass is 503 g/mol. The van der Waals surface area contributed by atoms with E-state index >= 15 is 0 Å². The van der Waals surface area contributed by atoms with Crippen LogP contribution >= 0.6 is 0 Å². The Morgan fingerprint density at radius 3 is 1.73 bits per heavy atom. The first-order valence-corrected chi connectivity index (χ1v) is 11.4. The lowest BCUT2D eigenvalue weighted by Crippen LogP contribution is -1.98. The Hall–Kier alpha value is -4.59. The first-order valence-electron chi connectivity index (χ1n) is 11.4. The minimum Gasteiger partial charge on any atom is -0.497 e. The predicted molar refractivity (Wildman–Crippen MR) is 140 cm³/mol. The highest BCUT2D eigenvalue weighted by Gasteiger charge is 2.15. The first-order chi connectivity index (χ1) is 17.6. The van der Waals surface area contributed by atoms with Gasteiger partial charge in [0.1, 0.15) is 17.3 Å². The van der Waals surface area contributed by atoms with Crippen molar-refractivity contribution in [2.75, 3.05) is 14.2 Å². The van der Waals surface area contributed by atoms with Crippen LogP contribution in [-0.4, -0.2) is 41.5 Å². The van der Waals surface area contributed by atoms with Gasteiger partial charge < -0.3 is 24.2 Å². The highest BCUT2D eigenvalue weighted by molar-refractivity contribution is 5.90. The van der Waals surface area contributed by atoms with Crippen LogP contribution in [0, 0.1) is 27.7 Å². The maximum absolute atomic E-state index is 11.0. The summed E-state index contributed by atoms with van der Waals surface area (Å²) in [5.41, 5.74) is 6.85. The van der Waals surface area contributed by atoms with Crippen LogP contribution in [0.15, 0.2) is 59.1 Å². The second kappa shape index (κ2) is 11.4. The Bertz CT molecular complexity index is 1430. The van der Waals surface area contributed by atoms with Crippen molar-refractivity contribution in [2.24, 2.45) is 0 Å². The van der Waals surface area contributed by atoms with Crippen molar-refractivity contribution < 1.29 is 33.8 Å². The molecule has 0 aliphatic heterocycles. The summed E-state index contributed by atoms with van der Waals surface area (Å²) in [6.07, 6.45) is 0. The lowest BCUT2D eigenvalue weighted by Gasteiger charge is -2.13. The molecular weight excluding hydrogens is 474 g/mol. The van der Waals surface area contributed by atoms with E-state index in [1.54, 1.807) is 50.6 Å². The van der Waals surface area contributed by atoms with Crippen LogP contribution in [0.25, 0.3) is 22.3 Å². The summed E-state index contributed by atoms with van der Waals surface area (Å²) in [5.74, 6) is 0.337. The number of ether oxygens (including phenoxy) is 2. The van der Waals surface area contributed by atoms with Gasteiger partial charge in [0.05, 0.1) is 31.0 Å². The van der Waals surface area contributed by atoms with E-state index < -0.39 is 11.9 Å². The topological polar surface area (TPSA) is 119 Å². The highest BCUT2D eigenvalue weighted by atomic mass is 16.5. The molecule has 1 heterocycles. The second-order valence-corrected chi connectivity index (χ2v) is 8.44. The largest absolute Gasteiger partial charge is 0.497 e. The lowest BCUT2D eigenvalue weighted by atomic mass is 9.97. The van der Waals surface area contributed by atoms with Gasteiger partial charge in [-0.15, -0.1) is 0 Å². The van der Waals surface area contributed by atoms with Crippen molar-refractivity contribution in [3.8, 4) is 33.8 Å². The van der Waals surface area contributed by atoms with Crippen LogP contribution in [0.3, 0.4) is 0 Å². The third kappa shape index (κ3) is 5.98. The van der Waals surface area contributed by atoms with E-state index in [1.165, 1.54) is 0 Å². The fourth-order valence-electron chi connectivity index (χ4n) is 4.07. The molecule has 0 saturated heterocycles. The lowest BCUT2D eigenvalue weighted by molar-refractivity contribution is 0.0686. The third-order valence-electron chi connectivity index (χ3n) is 5.95. The molecule has 0 bridgehead atoms. The molecule has 4 aromatic rings. The minimum atomic E-state index is -0.933. The summed E-state index contributed by atoms with van der Waals surface area (Å²) in [7, 11) is 3.21. The van der Waals surface area contributed by atoms with Gasteiger partial charge in [-0.1, -0.05) is 17.3 Å². The molecule has 0 fully saturated rings. The first kappa shape index (κ1) is 27.0. The molecule has 0 atom stereocenters. The van der Waals surface area contributed by atoms with Gasteiger partial charge >= 0.3 is 11.9 Å². The molecule has 2 N–H and O–H groups in total. The Morgan fingerprint density at radius 1 is 0.730 bits per heavy atom. The van der Waals surface area contributed by atoms with Gasteiger partial charge in [-0.3, -0.25) is 0 Å². The van der Waals surface area contributed by atoms with Crippen molar-refractivity contribution in [1.82, 2.24) is 5.16 Å². The summed E-state index contributed by atoms with van der Waals surface area (Å²) in [6, 6.07) is 15.6. The Kier molecular flexibility index (Phi) is 8.34. The maximum Gasteiger partial charge on any atom is 0.335 e. The van der Waals surface area contributed by atoms with Gasteiger partial charge in [0, 0.05) is 11.1 Å². The molecule has 37 heavy (non-hydrogen) atoms. The normalized spacial score (nSPS) is 10.3. The van der Waals surface area contributed by atoms with Gasteiger partial charge in [0.15, 0.2) is 0 Å².